The second-order valence-corrected chi connectivity index (χ2v) is 16.6. The Labute approximate surface area is 202 Å². The van der Waals surface area contributed by atoms with Crippen molar-refractivity contribution in [2.45, 2.75) is 77.6 Å². The molecule has 0 bridgehead atoms. The van der Waals surface area contributed by atoms with Crippen LogP contribution in [0.5, 0.6) is 0 Å². The van der Waals surface area contributed by atoms with Gasteiger partial charge < -0.3 is 28.7 Å². The van der Waals surface area contributed by atoms with Crippen molar-refractivity contribution in [1.29, 1.82) is 0 Å². The molecule has 0 spiro atoms. The number of nitrogen functional groups attached to an aromatic ring is 1. The third kappa shape index (κ3) is 6.04. The van der Waals surface area contributed by atoms with E-state index in [4.69, 9.17) is 28.7 Å². The predicted molar refractivity (Wildman–Crippen MR) is 132 cm³/mol. The van der Waals surface area contributed by atoms with Crippen LogP contribution in [0.1, 0.15) is 47.3 Å². The molecule has 2 aromatic rings. The molecule has 1 fully saturated rings. The van der Waals surface area contributed by atoms with E-state index in [9.17, 15) is 4.57 Å². The van der Waals surface area contributed by atoms with Gasteiger partial charge in [-0.25, -0.2) is 15.0 Å². The summed E-state index contributed by atoms with van der Waals surface area (Å²) >= 11 is 0. The normalized spacial score (nSPS) is 22.0. The number of rotatable bonds is 11. The minimum Gasteiger partial charge on any atom is -0.409 e. The average molecular weight is 516 g/mol. The van der Waals surface area contributed by atoms with Gasteiger partial charge in [0.2, 0.25) is 0 Å². The van der Waals surface area contributed by atoms with E-state index < -0.39 is 22.1 Å². The summed E-state index contributed by atoms with van der Waals surface area (Å²) in [6.07, 6.45) is 2.54. The number of fused-ring (bicyclic) bond motifs is 1. The van der Waals surface area contributed by atoms with Gasteiger partial charge in [0.05, 0.1) is 38.4 Å². The second-order valence-electron chi connectivity index (χ2n) is 9.83. The fourth-order valence-corrected chi connectivity index (χ4v) is 6.25. The highest BCUT2D eigenvalue weighted by molar-refractivity contribution is 7.53. The molecule has 34 heavy (non-hydrogen) atoms. The van der Waals surface area contributed by atoms with Crippen LogP contribution in [0, 0.1) is 0 Å². The van der Waals surface area contributed by atoms with Crippen molar-refractivity contribution in [1.82, 2.24) is 19.5 Å². The van der Waals surface area contributed by atoms with Crippen molar-refractivity contribution in [2.75, 3.05) is 31.9 Å². The van der Waals surface area contributed by atoms with Gasteiger partial charge in [-0.15, -0.1) is 0 Å². The number of anilines is 1. The Morgan fingerprint density at radius 2 is 1.88 bits per heavy atom. The summed E-state index contributed by atoms with van der Waals surface area (Å²) in [5.74, 6) is 0.311. The van der Waals surface area contributed by atoms with Crippen LogP contribution in [-0.2, 0) is 27.5 Å². The number of imidazole rings is 1. The van der Waals surface area contributed by atoms with Gasteiger partial charge in [-0.1, -0.05) is 20.8 Å². The quantitative estimate of drug-likeness (QED) is 0.340. The van der Waals surface area contributed by atoms with E-state index in [1.165, 1.54) is 6.33 Å². The SMILES string of the molecule is CCOP(=O)(COC[C@@H]1C[C@H](O[Si](C)(C)C(C)(C)C)[C@H](n2cnc3c(N)ncnc32)O1)OCC. The summed E-state index contributed by atoms with van der Waals surface area (Å²) < 4.78 is 44.1. The fourth-order valence-electron chi connectivity index (χ4n) is 3.59. The van der Waals surface area contributed by atoms with Gasteiger partial charge in [0, 0.05) is 6.42 Å². The average Bonchev–Trinajstić information content (AvgIpc) is 3.32. The molecule has 3 rings (SSSR count). The van der Waals surface area contributed by atoms with Crippen molar-refractivity contribution in [3.63, 3.8) is 0 Å². The maximum atomic E-state index is 12.7. The topological polar surface area (TPSA) is 133 Å². The van der Waals surface area contributed by atoms with Gasteiger partial charge in [-0.2, -0.15) is 0 Å². The zero-order valence-electron chi connectivity index (χ0n) is 21.2. The molecule has 1 aliphatic heterocycles. The first-order chi connectivity index (χ1) is 15.9. The van der Waals surface area contributed by atoms with E-state index in [0.717, 1.165) is 0 Å². The first kappa shape index (κ1) is 27.2. The lowest BCUT2D eigenvalue weighted by Crippen LogP contribution is -2.45. The molecular formula is C21H38N5O6PSi. The van der Waals surface area contributed by atoms with Gasteiger partial charge in [0.15, 0.2) is 26.0 Å². The summed E-state index contributed by atoms with van der Waals surface area (Å²) in [6, 6.07) is 0. The predicted octanol–water partition coefficient (Wildman–Crippen LogP) is 4.33. The Balaban J connectivity index is 1.80. The minimum atomic E-state index is -3.30. The largest absolute Gasteiger partial charge is 0.409 e. The molecule has 13 heteroatoms. The smallest absolute Gasteiger partial charge is 0.356 e. The van der Waals surface area contributed by atoms with Crippen molar-refractivity contribution in [3.05, 3.63) is 12.7 Å². The monoisotopic (exact) mass is 515 g/mol. The number of hydrogen-bond acceptors (Lipinski definition) is 10. The first-order valence-electron chi connectivity index (χ1n) is 11.6. The lowest BCUT2D eigenvalue weighted by molar-refractivity contribution is -0.0549. The minimum absolute atomic E-state index is 0.0252. The first-order valence-corrected chi connectivity index (χ1v) is 16.3. The highest BCUT2D eigenvalue weighted by Crippen LogP contribution is 2.48. The van der Waals surface area contributed by atoms with E-state index >= 15 is 0 Å². The summed E-state index contributed by atoms with van der Waals surface area (Å²) in [7, 11) is -5.41. The molecule has 11 nitrogen and oxygen atoms in total. The molecule has 1 aliphatic rings. The Morgan fingerprint density at radius 3 is 2.50 bits per heavy atom. The molecule has 2 aromatic heterocycles. The van der Waals surface area contributed by atoms with Crippen LogP contribution in [0.15, 0.2) is 12.7 Å². The molecule has 1 saturated heterocycles. The maximum absolute atomic E-state index is 12.7. The molecule has 0 unspecified atom stereocenters. The molecule has 3 heterocycles. The van der Waals surface area contributed by atoms with E-state index in [0.29, 0.717) is 23.4 Å². The van der Waals surface area contributed by atoms with Crippen molar-refractivity contribution in [2.24, 2.45) is 0 Å². The van der Waals surface area contributed by atoms with Crippen molar-refractivity contribution in [3.8, 4) is 0 Å². The number of ether oxygens (including phenoxy) is 2. The lowest BCUT2D eigenvalue weighted by atomic mass is 10.2. The third-order valence-electron chi connectivity index (χ3n) is 6.26. The van der Waals surface area contributed by atoms with Crippen LogP contribution in [-0.4, -0.2) is 66.2 Å². The van der Waals surface area contributed by atoms with Crippen LogP contribution in [0.4, 0.5) is 5.82 Å². The standard InChI is InChI=1S/C21H38N5O6PSi/c1-8-29-33(27,30-9-2)14-28-11-15-10-16(32-34(6,7)21(3,4)5)20(31-15)26-13-25-17-18(22)23-12-24-19(17)26/h12-13,15-16,20H,8-11,14H2,1-7H3,(H2,22,23,24)/t15-,16-,20+/m0/s1. The van der Waals surface area contributed by atoms with E-state index in [1.54, 1.807) is 20.2 Å². The zero-order chi connectivity index (χ0) is 25.1. The van der Waals surface area contributed by atoms with Gasteiger partial charge >= 0.3 is 7.60 Å². The number of nitrogens with zero attached hydrogens (tertiary/aromatic N) is 4. The number of hydrogen-bond donors (Lipinski definition) is 1. The molecule has 0 aliphatic carbocycles. The van der Waals surface area contributed by atoms with Crippen molar-refractivity contribution < 1.29 is 27.5 Å². The van der Waals surface area contributed by atoms with Gasteiger partial charge in [0.25, 0.3) is 0 Å². The third-order valence-corrected chi connectivity index (χ3v) is 12.6. The van der Waals surface area contributed by atoms with Gasteiger partial charge in [-0.3, -0.25) is 9.13 Å². The van der Waals surface area contributed by atoms with Gasteiger partial charge in [-0.05, 0) is 32.0 Å². The Kier molecular flexibility index (Phi) is 8.55. The van der Waals surface area contributed by atoms with Crippen LogP contribution in [0.25, 0.3) is 11.2 Å². The van der Waals surface area contributed by atoms with E-state index in [2.05, 4.69) is 48.8 Å². The lowest BCUT2D eigenvalue weighted by Gasteiger charge is -2.39. The molecule has 0 aromatic carbocycles. The summed E-state index contributed by atoms with van der Waals surface area (Å²) in [6.45, 7) is 15.3. The Hall–Kier alpha value is -1.40. The molecular weight excluding hydrogens is 477 g/mol. The summed E-state index contributed by atoms with van der Waals surface area (Å²) in [5, 5.41) is 0.0252. The molecule has 3 atom stereocenters. The summed E-state index contributed by atoms with van der Waals surface area (Å²) in [5.41, 5.74) is 7.09. The summed E-state index contributed by atoms with van der Waals surface area (Å²) in [4.78, 5) is 12.8. The number of aromatic nitrogens is 4. The highest BCUT2D eigenvalue weighted by Gasteiger charge is 2.46. The molecule has 192 valence electrons. The van der Waals surface area contributed by atoms with Crippen LogP contribution >= 0.6 is 7.60 Å². The molecule has 0 radical (unpaired) electrons. The van der Waals surface area contributed by atoms with Crippen LogP contribution in [0.2, 0.25) is 18.1 Å². The van der Waals surface area contributed by atoms with E-state index in [1.807, 2.05) is 4.57 Å². The maximum Gasteiger partial charge on any atom is 0.356 e. The molecule has 0 amide bonds. The Morgan fingerprint density at radius 1 is 1.21 bits per heavy atom. The molecule has 2 N–H and O–H groups in total. The molecule has 0 saturated carbocycles. The Bertz CT molecular complexity index is 1000. The van der Waals surface area contributed by atoms with Crippen LogP contribution in [0.3, 0.4) is 0 Å². The van der Waals surface area contributed by atoms with Crippen molar-refractivity contribution >= 4 is 32.9 Å². The number of nitrogens with two attached hydrogens (primary N) is 1. The fraction of sp³-hybridized carbons (Fsp3) is 0.762. The highest BCUT2D eigenvalue weighted by atomic mass is 31.2. The van der Waals surface area contributed by atoms with E-state index in [-0.39, 0.29) is 43.4 Å². The zero-order valence-corrected chi connectivity index (χ0v) is 23.1. The second kappa shape index (κ2) is 10.7. The van der Waals surface area contributed by atoms with Gasteiger partial charge in [0.1, 0.15) is 18.2 Å². The van der Waals surface area contributed by atoms with Crippen LogP contribution < -0.4 is 5.73 Å².